The lowest BCUT2D eigenvalue weighted by atomic mass is 10.2. The molecular weight excluding hydrogens is 342 g/mol. The highest BCUT2D eigenvalue weighted by molar-refractivity contribution is 6.32. The van der Waals surface area contributed by atoms with E-state index in [2.05, 4.69) is 29.5 Å². The third-order valence-corrected chi connectivity index (χ3v) is 3.73. The number of carbonyl (C=O) groups excluding carboxylic acids is 1. The van der Waals surface area contributed by atoms with Crippen LogP contribution in [0.1, 0.15) is 24.2 Å². The van der Waals surface area contributed by atoms with E-state index in [0.29, 0.717) is 39.5 Å². The number of hydrogen-bond donors (Lipinski definition) is 2. The summed E-state index contributed by atoms with van der Waals surface area (Å²) in [6.07, 6.45) is 1.59. The van der Waals surface area contributed by atoms with Crippen molar-refractivity contribution in [2.24, 2.45) is 5.92 Å². The highest BCUT2D eigenvalue weighted by atomic mass is 35.5. The molecule has 7 heteroatoms. The van der Waals surface area contributed by atoms with Crippen molar-refractivity contribution in [1.29, 1.82) is 0 Å². The van der Waals surface area contributed by atoms with Gasteiger partial charge in [0.25, 0.3) is 5.91 Å². The summed E-state index contributed by atoms with van der Waals surface area (Å²) in [5.74, 6) is 1.75. The van der Waals surface area contributed by atoms with Gasteiger partial charge in [0, 0.05) is 30.4 Å². The van der Waals surface area contributed by atoms with Gasteiger partial charge in [-0.25, -0.2) is 4.98 Å². The van der Waals surface area contributed by atoms with Crippen molar-refractivity contribution in [3.8, 4) is 11.5 Å². The molecule has 0 saturated heterocycles. The summed E-state index contributed by atoms with van der Waals surface area (Å²) in [6, 6.07) is 6.57. The van der Waals surface area contributed by atoms with Crippen LogP contribution in [0.5, 0.6) is 11.5 Å². The number of anilines is 2. The van der Waals surface area contributed by atoms with Crippen molar-refractivity contribution in [2.75, 3.05) is 31.4 Å². The van der Waals surface area contributed by atoms with Gasteiger partial charge in [-0.05, 0) is 18.1 Å². The average molecular weight is 364 g/mol. The van der Waals surface area contributed by atoms with Crippen LogP contribution < -0.4 is 20.1 Å². The van der Waals surface area contributed by atoms with E-state index in [9.17, 15) is 4.79 Å². The first-order valence-corrected chi connectivity index (χ1v) is 8.25. The van der Waals surface area contributed by atoms with Gasteiger partial charge in [0.2, 0.25) is 0 Å². The minimum absolute atomic E-state index is 0.280. The Balaban J connectivity index is 2.21. The van der Waals surface area contributed by atoms with Gasteiger partial charge in [-0.15, -0.1) is 0 Å². The van der Waals surface area contributed by atoms with Gasteiger partial charge >= 0.3 is 0 Å². The lowest BCUT2D eigenvalue weighted by Crippen LogP contribution is -2.14. The lowest BCUT2D eigenvalue weighted by Gasteiger charge is -2.14. The molecule has 2 aromatic rings. The number of ether oxygens (including phenoxy) is 2. The Morgan fingerprint density at radius 2 is 1.92 bits per heavy atom. The number of hydrogen-bond acceptors (Lipinski definition) is 5. The largest absolute Gasteiger partial charge is 0.495 e. The van der Waals surface area contributed by atoms with Crippen LogP contribution in [0, 0.1) is 5.92 Å². The van der Waals surface area contributed by atoms with Gasteiger partial charge in [0.15, 0.2) is 0 Å². The van der Waals surface area contributed by atoms with Crippen molar-refractivity contribution >= 4 is 29.0 Å². The molecule has 1 heterocycles. The van der Waals surface area contributed by atoms with Gasteiger partial charge in [-0.3, -0.25) is 4.79 Å². The van der Waals surface area contributed by atoms with Crippen LogP contribution in [0.3, 0.4) is 0 Å². The molecule has 0 unspecified atom stereocenters. The molecule has 0 aliphatic heterocycles. The van der Waals surface area contributed by atoms with Gasteiger partial charge in [0.1, 0.15) is 17.3 Å². The fourth-order valence-corrected chi connectivity index (χ4v) is 2.36. The number of carbonyl (C=O) groups is 1. The predicted molar refractivity (Wildman–Crippen MR) is 100 cm³/mol. The monoisotopic (exact) mass is 363 g/mol. The number of methoxy groups -OCH3 is 2. The molecular formula is C18H22ClN3O3. The number of benzene rings is 1. The van der Waals surface area contributed by atoms with Gasteiger partial charge in [-0.1, -0.05) is 25.4 Å². The molecule has 1 aromatic heterocycles. The van der Waals surface area contributed by atoms with Crippen LogP contribution in [0.4, 0.5) is 11.5 Å². The summed E-state index contributed by atoms with van der Waals surface area (Å²) < 4.78 is 10.5. The Kier molecular flexibility index (Phi) is 6.47. The summed E-state index contributed by atoms with van der Waals surface area (Å²) in [5, 5.41) is 6.42. The number of halogens is 1. The summed E-state index contributed by atoms with van der Waals surface area (Å²) in [7, 11) is 3.02. The van der Waals surface area contributed by atoms with Crippen LogP contribution >= 0.6 is 11.6 Å². The second kappa shape index (κ2) is 8.58. The number of aromatic nitrogens is 1. The Hall–Kier alpha value is -2.47. The molecule has 1 amide bonds. The molecule has 2 N–H and O–H groups in total. The van der Waals surface area contributed by atoms with Gasteiger partial charge in [-0.2, -0.15) is 0 Å². The zero-order chi connectivity index (χ0) is 18.4. The summed E-state index contributed by atoms with van der Waals surface area (Å²) in [5.41, 5.74) is 0.958. The standard InChI is InChI=1S/C18H22ClN3O3/c1-11(2)10-21-17-7-12(5-6-20-17)18(23)22-14-9-15(24-3)13(19)8-16(14)25-4/h5-9,11H,10H2,1-4H3,(H,20,21)(H,22,23). The van der Waals surface area contributed by atoms with Crippen molar-refractivity contribution in [1.82, 2.24) is 4.98 Å². The summed E-state index contributed by atoms with van der Waals surface area (Å²) >= 11 is 6.08. The highest BCUT2D eigenvalue weighted by Gasteiger charge is 2.14. The Morgan fingerprint density at radius 3 is 2.56 bits per heavy atom. The molecule has 134 valence electrons. The molecule has 0 saturated carbocycles. The second-order valence-corrected chi connectivity index (χ2v) is 6.25. The van der Waals surface area contributed by atoms with E-state index < -0.39 is 0 Å². The number of pyridine rings is 1. The minimum Gasteiger partial charge on any atom is -0.495 e. The minimum atomic E-state index is -0.280. The topological polar surface area (TPSA) is 72.5 Å². The number of rotatable bonds is 7. The lowest BCUT2D eigenvalue weighted by molar-refractivity contribution is 0.102. The molecule has 6 nitrogen and oxygen atoms in total. The predicted octanol–water partition coefficient (Wildman–Crippen LogP) is 4.07. The first-order valence-electron chi connectivity index (χ1n) is 7.87. The normalized spacial score (nSPS) is 10.5. The van der Waals surface area contributed by atoms with E-state index in [1.165, 1.54) is 14.2 Å². The molecule has 0 bridgehead atoms. The van der Waals surface area contributed by atoms with Crippen molar-refractivity contribution in [2.45, 2.75) is 13.8 Å². The molecule has 0 spiro atoms. The molecule has 0 aliphatic rings. The molecule has 2 rings (SSSR count). The summed E-state index contributed by atoms with van der Waals surface area (Å²) in [6.45, 7) is 4.98. The number of nitrogens with zero attached hydrogens (tertiary/aromatic N) is 1. The smallest absolute Gasteiger partial charge is 0.255 e. The van der Waals surface area contributed by atoms with Crippen LogP contribution in [-0.2, 0) is 0 Å². The van der Waals surface area contributed by atoms with E-state index in [1.54, 1.807) is 30.5 Å². The van der Waals surface area contributed by atoms with Crippen LogP contribution in [0.2, 0.25) is 5.02 Å². The van der Waals surface area contributed by atoms with E-state index >= 15 is 0 Å². The first kappa shape index (κ1) is 18.9. The van der Waals surface area contributed by atoms with Crippen LogP contribution in [0.25, 0.3) is 0 Å². The molecule has 25 heavy (non-hydrogen) atoms. The molecule has 0 radical (unpaired) electrons. The maximum absolute atomic E-state index is 12.6. The molecule has 0 fully saturated rings. The maximum atomic E-state index is 12.6. The molecule has 1 aromatic carbocycles. The molecule has 0 atom stereocenters. The van der Waals surface area contributed by atoms with Crippen molar-refractivity contribution in [3.05, 3.63) is 41.0 Å². The van der Waals surface area contributed by atoms with E-state index in [0.717, 1.165) is 6.54 Å². The third kappa shape index (κ3) is 5.00. The summed E-state index contributed by atoms with van der Waals surface area (Å²) in [4.78, 5) is 16.8. The van der Waals surface area contributed by atoms with E-state index in [-0.39, 0.29) is 5.91 Å². The highest BCUT2D eigenvalue weighted by Crippen LogP contribution is 2.36. The van der Waals surface area contributed by atoms with E-state index in [1.807, 2.05) is 0 Å². The van der Waals surface area contributed by atoms with Crippen LogP contribution in [0.15, 0.2) is 30.5 Å². The average Bonchev–Trinajstić information content (AvgIpc) is 2.61. The Labute approximate surface area is 152 Å². The SMILES string of the molecule is COc1cc(NC(=O)c2ccnc(NCC(C)C)c2)c(OC)cc1Cl. The zero-order valence-corrected chi connectivity index (χ0v) is 15.5. The fraction of sp³-hybridized carbons (Fsp3) is 0.333. The fourth-order valence-electron chi connectivity index (χ4n) is 2.13. The Bertz CT molecular complexity index is 750. The van der Waals surface area contributed by atoms with Crippen molar-refractivity contribution in [3.63, 3.8) is 0 Å². The van der Waals surface area contributed by atoms with Crippen LogP contribution in [-0.4, -0.2) is 31.7 Å². The van der Waals surface area contributed by atoms with E-state index in [4.69, 9.17) is 21.1 Å². The van der Waals surface area contributed by atoms with Gasteiger partial charge < -0.3 is 20.1 Å². The maximum Gasteiger partial charge on any atom is 0.255 e. The van der Waals surface area contributed by atoms with Crippen molar-refractivity contribution < 1.29 is 14.3 Å². The second-order valence-electron chi connectivity index (χ2n) is 5.85. The first-order chi connectivity index (χ1) is 11.9. The number of nitrogens with one attached hydrogen (secondary N) is 2. The van der Waals surface area contributed by atoms with Gasteiger partial charge in [0.05, 0.1) is 24.9 Å². The zero-order valence-electron chi connectivity index (χ0n) is 14.7. The number of amides is 1. The molecule has 0 aliphatic carbocycles. The Morgan fingerprint density at radius 1 is 1.20 bits per heavy atom. The third-order valence-electron chi connectivity index (χ3n) is 3.44. The quantitative estimate of drug-likeness (QED) is 0.775.